The molecule has 0 saturated heterocycles. The Hall–Kier alpha value is -0.100. The second-order valence-corrected chi connectivity index (χ2v) is 8.93. The predicted octanol–water partition coefficient (Wildman–Crippen LogP) is 4.39. The standard InChI is InChI=1S/C15H21BrClNO2S/c1-11-4-3-5-13(8-11)18(2)21(19,20)15-7-6-12(10-17)9-14(15)16/h6-7,9,11,13H,3-5,8,10H2,1-2H3. The summed E-state index contributed by atoms with van der Waals surface area (Å²) in [6, 6.07) is 5.28. The lowest BCUT2D eigenvalue weighted by atomic mass is 9.87. The van der Waals surface area contributed by atoms with Gasteiger partial charge >= 0.3 is 0 Å². The number of benzene rings is 1. The smallest absolute Gasteiger partial charge is 0.207 e. The monoisotopic (exact) mass is 393 g/mol. The van der Waals surface area contributed by atoms with E-state index in [1.807, 2.05) is 0 Å². The van der Waals surface area contributed by atoms with Gasteiger partial charge in [-0.2, -0.15) is 4.31 Å². The van der Waals surface area contributed by atoms with Crippen LogP contribution in [0.1, 0.15) is 38.2 Å². The van der Waals surface area contributed by atoms with Crippen LogP contribution in [0.2, 0.25) is 0 Å². The molecular formula is C15H21BrClNO2S. The first kappa shape index (κ1) is 17.3. The molecule has 0 spiro atoms. The molecule has 0 aromatic heterocycles. The molecule has 2 rings (SSSR count). The van der Waals surface area contributed by atoms with Crippen molar-refractivity contribution in [3.63, 3.8) is 0 Å². The number of sulfonamides is 1. The highest BCUT2D eigenvalue weighted by Gasteiger charge is 2.32. The highest BCUT2D eigenvalue weighted by molar-refractivity contribution is 9.10. The molecule has 6 heteroatoms. The van der Waals surface area contributed by atoms with E-state index in [0.717, 1.165) is 24.8 Å². The van der Waals surface area contributed by atoms with Crippen molar-refractivity contribution in [2.24, 2.45) is 5.92 Å². The normalized spacial score (nSPS) is 23.5. The van der Waals surface area contributed by atoms with Gasteiger partial charge in [-0.05, 0) is 52.4 Å². The Morgan fingerprint density at radius 1 is 1.38 bits per heavy atom. The van der Waals surface area contributed by atoms with Crippen molar-refractivity contribution in [2.75, 3.05) is 7.05 Å². The van der Waals surface area contributed by atoms with E-state index >= 15 is 0 Å². The van der Waals surface area contributed by atoms with Crippen LogP contribution in [-0.4, -0.2) is 25.8 Å². The fourth-order valence-corrected chi connectivity index (χ4v) is 5.57. The first-order valence-electron chi connectivity index (χ1n) is 7.18. The third kappa shape index (κ3) is 3.81. The molecule has 1 aliphatic carbocycles. The van der Waals surface area contributed by atoms with Gasteiger partial charge in [-0.15, -0.1) is 11.6 Å². The van der Waals surface area contributed by atoms with Crippen LogP contribution in [0, 0.1) is 5.92 Å². The van der Waals surface area contributed by atoms with E-state index in [9.17, 15) is 8.42 Å². The number of hydrogen-bond acceptors (Lipinski definition) is 2. The number of hydrogen-bond donors (Lipinski definition) is 0. The SMILES string of the molecule is CC1CCCC(N(C)S(=O)(=O)c2ccc(CCl)cc2Br)C1. The number of rotatable bonds is 4. The molecule has 1 aliphatic rings. The van der Waals surface area contributed by atoms with Gasteiger partial charge in [-0.1, -0.05) is 25.8 Å². The molecule has 0 heterocycles. The first-order chi connectivity index (χ1) is 9.86. The molecule has 0 aliphatic heterocycles. The van der Waals surface area contributed by atoms with Crippen LogP contribution in [0.4, 0.5) is 0 Å². The Balaban J connectivity index is 2.28. The summed E-state index contributed by atoms with van der Waals surface area (Å²) in [7, 11) is -1.78. The van der Waals surface area contributed by atoms with Gasteiger partial charge in [0.15, 0.2) is 0 Å². The minimum absolute atomic E-state index is 0.0957. The molecule has 1 saturated carbocycles. The zero-order chi connectivity index (χ0) is 15.6. The van der Waals surface area contributed by atoms with Crippen molar-refractivity contribution in [2.45, 2.75) is 49.4 Å². The van der Waals surface area contributed by atoms with Crippen LogP contribution in [0.5, 0.6) is 0 Å². The minimum Gasteiger partial charge on any atom is -0.207 e. The van der Waals surface area contributed by atoms with Gasteiger partial charge in [0.2, 0.25) is 10.0 Å². The molecule has 0 N–H and O–H groups in total. The Kier molecular flexibility index (Phi) is 5.74. The quantitative estimate of drug-likeness (QED) is 0.710. The molecular weight excluding hydrogens is 374 g/mol. The second kappa shape index (κ2) is 6.99. The lowest BCUT2D eigenvalue weighted by Crippen LogP contribution is -2.39. The molecule has 1 aromatic rings. The fraction of sp³-hybridized carbons (Fsp3) is 0.600. The van der Waals surface area contributed by atoms with Crippen LogP contribution in [-0.2, 0) is 15.9 Å². The molecule has 0 amide bonds. The van der Waals surface area contributed by atoms with Gasteiger partial charge in [-0.25, -0.2) is 8.42 Å². The molecule has 118 valence electrons. The Morgan fingerprint density at radius 2 is 2.10 bits per heavy atom. The Bertz CT molecular complexity index is 606. The highest BCUT2D eigenvalue weighted by atomic mass is 79.9. The maximum atomic E-state index is 12.8. The average Bonchev–Trinajstić information content (AvgIpc) is 2.45. The molecule has 0 radical (unpaired) electrons. The molecule has 1 aromatic carbocycles. The van der Waals surface area contributed by atoms with Crippen LogP contribution in [0.15, 0.2) is 27.6 Å². The highest BCUT2D eigenvalue weighted by Crippen LogP contribution is 2.32. The van der Waals surface area contributed by atoms with Gasteiger partial charge < -0.3 is 0 Å². The maximum absolute atomic E-state index is 12.8. The van der Waals surface area contributed by atoms with Gasteiger partial charge in [0.25, 0.3) is 0 Å². The van der Waals surface area contributed by atoms with Gasteiger partial charge in [0.05, 0.1) is 4.90 Å². The first-order valence-corrected chi connectivity index (χ1v) is 9.95. The molecule has 2 atom stereocenters. The zero-order valence-corrected chi connectivity index (χ0v) is 15.5. The van der Waals surface area contributed by atoms with Gasteiger partial charge in [0.1, 0.15) is 0 Å². The molecule has 1 fully saturated rings. The number of halogens is 2. The summed E-state index contributed by atoms with van der Waals surface area (Å²) in [4.78, 5) is 0.317. The van der Waals surface area contributed by atoms with Crippen molar-refractivity contribution in [3.8, 4) is 0 Å². The van der Waals surface area contributed by atoms with Crippen LogP contribution in [0.3, 0.4) is 0 Å². The summed E-state index contributed by atoms with van der Waals surface area (Å²) in [6.07, 6.45) is 4.17. The van der Waals surface area contributed by atoms with E-state index in [0.29, 0.717) is 21.2 Å². The lowest BCUT2D eigenvalue weighted by molar-refractivity contribution is 0.239. The van der Waals surface area contributed by atoms with E-state index in [1.54, 1.807) is 29.6 Å². The van der Waals surface area contributed by atoms with E-state index < -0.39 is 10.0 Å². The number of alkyl halides is 1. The summed E-state index contributed by atoms with van der Waals surface area (Å²) in [6.45, 7) is 2.19. The Labute approximate surface area is 140 Å². The van der Waals surface area contributed by atoms with Gasteiger partial charge in [-0.3, -0.25) is 0 Å². The van der Waals surface area contributed by atoms with E-state index in [-0.39, 0.29) is 6.04 Å². The fourth-order valence-electron chi connectivity index (χ4n) is 2.92. The van der Waals surface area contributed by atoms with Crippen LogP contribution < -0.4 is 0 Å². The predicted molar refractivity (Wildman–Crippen MR) is 90.1 cm³/mol. The minimum atomic E-state index is -3.47. The van der Waals surface area contributed by atoms with E-state index in [2.05, 4.69) is 22.9 Å². The summed E-state index contributed by atoms with van der Waals surface area (Å²) in [5.41, 5.74) is 0.899. The molecule has 21 heavy (non-hydrogen) atoms. The van der Waals surface area contributed by atoms with Crippen LogP contribution in [0.25, 0.3) is 0 Å². The van der Waals surface area contributed by atoms with E-state index in [1.165, 1.54) is 6.42 Å². The van der Waals surface area contributed by atoms with Crippen molar-refractivity contribution in [1.29, 1.82) is 0 Å². The summed E-state index contributed by atoms with van der Waals surface area (Å²) in [5, 5.41) is 0. The number of nitrogens with zero attached hydrogens (tertiary/aromatic N) is 1. The summed E-state index contributed by atoms with van der Waals surface area (Å²) in [5.74, 6) is 0.956. The topological polar surface area (TPSA) is 37.4 Å². The van der Waals surface area contributed by atoms with Crippen molar-refractivity contribution in [3.05, 3.63) is 28.2 Å². The van der Waals surface area contributed by atoms with E-state index in [4.69, 9.17) is 11.6 Å². The Morgan fingerprint density at radius 3 is 2.67 bits per heavy atom. The molecule has 2 unspecified atom stereocenters. The lowest BCUT2D eigenvalue weighted by Gasteiger charge is -2.33. The van der Waals surface area contributed by atoms with Gasteiger partial charge in [0, 0.05) is 23.4 Å². The zero-order valence-electron chi connectivity index (χ0n) is 12.4. The summed E-state index contributed by atoms with van der Waals surface area (Å²) >= 11 is 9.15. The third-order valence-electron chi connectivity index (χ3n) is 4.23. The average molecular weight is 395 g/mol. The van der Waals surface area contributed by atoms with Crippen molar-refractivity contribution >= 4 is 37.6 Å². The summed E-state index contributed by atoms with van der Waals surface area (Å²) < 4.78 is 27.8. The largest absolute Gasteiger partial charge is 0.244 e. The second-order valence-electron chi connectivity index (χ2n) is 5.85. The third-order valence-corrected chi connectivity index (χ3v) is 7.43. The van der Waals surface area contributed by atoms with Crippen molar-refractivity contribution < 1.29 is 8.42 Å². The maximum Gasteiger partial charge on any atom is 0.244 e. The molecule has 0 bridgehead atoms. The van der Waals surface area contributed by atoms with Crippen molar-refractivity contribution in [1.82, 2.24) is 4.31 Å². The molecule has 3 nitrogen and oxygen atoms in total. The van der Waals surface area contributed by atoms with Crippen LogP contribution >= 0.6 is 27.5 Å².